The summed E-state index contributed by atoms with van der Waals surface area (Å²) in [6.07, 6.45) is 0.0564. The first-order valence-corrected chi connectivity index (χ1v) is 6.66. The molecule has 0 saturated carbocycles. The molecule has 0 aliphatic carbocycles. The predicted molar refractivity (Wildman–Crippen MR) is 77.6 cm³/mol. The monoisotopic (exact) mass is 320 g/mol. The fourth-order valence-electron chi connectivity index (χ4n) is 1.84. The molecule has 2 aromatic rings. The number of nitrogens with one attached hydrogen (secondary N) is 1. The van der Waals surface area contributed by atoms with Crippen molar-refractivity contribution < 1.29 is 18.7 Å². The van der Waals surface area contributed by atoms with Crippen molar-refractivity contribution in [3.8, 4) is 0 Å². The molecule has 0 aliphatic heterocycles. The molecule has 0 bridgehead atoms. The van der Waals surface area contributed by atoms with Crippen molar-refractivity contribution in [3.63, 3.8) is 0 Å². The molecule has 0 amide bonds. The van der Waals surface area contributed by atoms with Crippen molar-refractivity contribution in [2.75, 3.05) is 0 Å². The molecule has 1 aromatic heterocycles. The zero-order chi connectivity index (χ0) is 17.0. The van der Waals surface area contributed by atoms with E-state index in [1.165, 1.54) is 19.1 Å². The Labute approximate surface area is 129 Å². The van der Waals surface area contributed by atoms with Crippen molar-refractivity contribution in [1.82, 2.24) is 9.55 Å². The highest BCUT2D eigenvalue weighted by atomic mass is 19.1. The average Bonchev–Trinajstić information content (AvgIpc) is 2.50. The second kappa shape index (κ2) is 6.82. The number of hydrogen-bond donors (Lipinski definition) is 1. The van der Waals surface area contributed by atoms with Gasteiger partial charge in [0, 0.05) is 17.8 Å². The number of halogens is 1. The summed E-state index contributed by atoms with van der Waals surface area (Å²) < 4.78 is 18.7. The van der Waals surface area contributed by atoms with E-state index in [2.05, 4.69) is 0 Å². The van der Waals surface area contributed by atoms with Crippen LogP contribution in [0, 0.1) is 5.82 Å². The summed E-state index contributed by atoms with van der Waals surface area (Å²) in [5, 5.41) is 0. The number of hydrogen-bond acceptors (Lipinski definition) is 5. The summed E-state index contributed by atoms with van der Waals surface area (Å²) >= 11 is 0. The molecule has 0 aliphatic rings. The first-order valence-electron chi connectivity index (χ1n) is 6.66. The number of H-pyrrole nitrogens is 1. The third kappa shape index (κ3) is 4.22. The summed E-state index contributed by atoms with van der Waals surface area (Å²) in [4.78, 5) is 48.2. The predicted octanol–water partition coefficient (Wildman–Crippen LogP) is 0.490. The lowest BCUT2D eigenvalue weighted by Gasteiger charge is -2.12. The Morgan fingerprint density at radius 1 is 1.22 bits per heavy atom. The highest BCUT2D eigenvalue weighted by molar-refractivity contribution is 6.00. The highest BCUT2D eigenvalue weighted by Gasteiger charge is 2.20. The van der Waals surface area contributed by atoms with E-state index < -0.39 is 41.5 Å². The number of Topliss-reactive ketones (excluding diaryl/α,β-unsaturated/α-hetero) is 1. The standard InChI is InChI=1S/C15H13FN2O5/c1-9(14(21)10-2-4-11(16)5-3-10)23-13(20)8-18-7-6-12(19)17-15(18)22/h2-7,9H,8H2,1H3,(H,17,19,22)/t9-/m1/s1. The topological polar surface area (TPSA) is 98.2 Å². The van der Waals surface area contributed by atoms with E-state index in [-0.39, 0.29) is 5.56 Å². The van der Waals surface area contributed by atoms with Crippen LogP contribution in [-0.2, 0) is 16.1 Å². The molecular formula is C15H13FN2O5. The normalized spacial score (nSPS) is 11.7. The quantitative estimate of drug-likeness (QED) is 0.638. The smallest absolute Gasteiger partial charge is 0.328 e. The van der Waals surface area contributed by atoms with Crippen LogP contribution in [0.25, 0.3) is 0 Å². The molecule has 0 spiro atoms. The first kappa shape index (κ1) is 16.3. The minimum absolute atomic E-state index is 0.202. The maximum atomic E-state index is 12.8. The number of rotatable bonds is 5. The highest BCUT2D eigenvalue weighted by Crippen LogP contribution is 2.08. The van der Waals surface area contributed by atoms with Crippen LogP contribution in [-0.4, -0.2) is 27.4 Å². The van der Waals surface area contributed by atoms with Gasteiger partial charge in [0.15, 0.2) is 6.10 Å². The van der Waals surface area contributed by atoms with Crippen LogP contribution in [0.5, 0.6) is 0 Å². The fourth-order valence-corrected chi connectivity index (χ4v) is 1.84. The Morgan fingerprint density at radius 2 is 1.87 bits per heavy atom. The zero-order valence-electron chi connectivity index (χ0n) is 12.1. The lowest BCUT2D eigenvalue weighted by Crippen LogP contribution is -2.33. The first-order chi connectivity index (χ1) is 10.9. The molecule has 23 heavy (non-hydrogen) atoms. The van der Waals surface area contributed by atoms with Gasteiger partial charge in [0.1, 0.15) is 12.4 Å². The van der Waals surface area contributed by atoms with Crippen molar-refractivity contribution in [2.24, 2.45) is 0 Å². The van der Waals surface area contributed by atoms with Crippen molar-refractivity contribution >= 4 is 11.8 Å². The summed E-state index contributed by atoms with van der Waals surface area (Å²) in [5.74, 6) is -1.79. The van der Waals surface area contributed by atoms with Gasteiger partial charge in [0.05, 0.1) is 0 Å². The van der Waals surface area contributed by atoms with Gasteiger partial charge in [-0.05, 0) is 31.2 Å². The lowest BCUT2D eigenvalue weighted by molar-refractivity contribution is -0.147. The van der Waals surface area contributed by atoms with E-state index in [0.717, 1.165) is 29.0 Å². The van der Waals surface area contributed by atoms with Crippen LogP contribution in [0.3, 0.4) is 0 Å². The zero-order valence-corrected chi connectivity index (χ0v) is 12.1. The molecule has 120 valence electrons. The Morgan fingerprint density at radius 3 is 2.48 bits per heavy atom. The SMILES string of the molecule is C[C@@H](OC(=O)Cn1ccc(=O)[nH]c1=O)C(=O)c1ccc(F)cc1. The number of ether oxygens (including phenoxy) is 1. The number of carbonyl (C=O) groups excluding carboxylic acids is 2. The molecule has 7 nitrogen and oxygen atoms in total. The van der Waals surface area contributed by atoms with Crippen LogP contribution >= 0.6 is 0 Å². The molecule has 0 radical (unpaired) electrons. The van der Waals surface area contributed by atoms with Gasteiger partial charge >= 0.3 is 11.7 Å². The van der Waals surface area contributed by atoms with Gasteiger partial charge in [-0.3, -0.25) is 23.9 Å². The number of aromatic amines is 1. The molecule has 0 saturated heterocycles. The molecule has 8 heteroatoms. The van der Waals surface area contributed by atoms with Crippen LogP contribution < -0.4 is 11.2 Å². The number of nitrogens with zero attached hydrogens (tertiary/aromatic N) is 1. The Kier molecular flexibility index (Phi) is 4.85. The van der Waals surface area contributed by atoms with E-state index in [0.29, 0.717) is 0 Å². The molecule has 1 atom stereocenters. The van der Waals surface area contributed by atoms with E-state index in [1.54, 1.807) is 0 Å². The Balaban J connectivity index is 2.01. The van der Waals surface area contributed by atoms with Crippen LogP contribution in [0.2, 0.25) is 0 Å². The summed E-state index contributed by atoms with van der Waals surface area (Å²) in [5.41, 5.74) is -1.14. The summed E-state index contributed by atoms with van der Waals surface area (Å²) in [6.45, 7) is 0.926. The minimum atomic E-state index is -1.09. The number of esters is 1. The second-order valence-electron chi connectivity index (χ2n) is 4.74. The van der Waals surface area contributed by atoms with Crippen molar-refractivity contribution in [3.05, 3.63) is 68.7 Å². The minimum Gasteiger partial charge on any atom is -0.453 e. The van der Waals surface area contributed by atoms with Crippen molar-refractivity contribution in [2.45, 2.75) is 19.6 Å². The second-order valence-corrected chi connectivity index (χ2v) is 4.74. The fraction of sp³-hybridized carbons (Fsp3) is 0.200. The van der Waals surface area contributed by atoms with Gasteiger partial charge in [-0.15, -0.1) is 0 Å². The Hall–Kier alpha value is -3.03. The van der Waals surface area contributed by atoms with Crippen LogP contribution in [0.4, 0.5) is 4.39 Å². The third-order valence-corrected chi connectivity index (χ3v) is 3.00. The number of ketones is 1. The molecule has 1 aromatic carbocycles. The molecule has 0 unspecified atom stereocenters. The number of aromatic nitrogens is 2. The molecule has 1 N–H and O–H groups in total. The molecule has 0 fully saturated rings. The largest absolute Gasteiger partial charge is 0.453 e. The van der Waals surface area contributed by atoms with E-state index in [9.17, 15) is 23.6 Å². The van der Waals surface area contributed by atoms with E-state index >= 15 is 0 Å². The number of benzene rings is 1. The van der Waals surface area contributed by atoms with Gasteiger partial charge < -0.3 is 4.74 Å². The lowest BCUT2D eigenvalue weighted by atomic mass is 10.1. The maximum absolute atomic E-state index is 12.8. The van der Waals surface area contributed by atoms with Gasteiger partial charge in [-0.25, -0.2) is 9.18 Å². The van der Waals surface area contributed by atoms with E-state index in [4.69, 9.17) is 4.74 Å². The maximum Gasteiger partial charge on any atom is 0.328 e. The van der Waals surface area contributed by atoms with Gasteiger partial charge in [0.2, 0.25) is 5.78 Å². The van der Waals surface area contributed by atoms with Crippen LogP contribution in [0.1, 0.15) is 17.3 Å². The van der Waals surface area contributed by atoms with Gasteiger partial charge in [-0.2, -0.15) is 0 Å². The van der Waals surface area contributed by atoms with E-state index in [1.807, 2.05) is 4.98 Å². The average molecular weight is 320 g/mol. The molecular weight excluding hydrogens is 307 g/mol. The molecule has 1 heterocycles. The summed E-state index contributed by atoms with van der Waals surface area (Å²) in [6, 6.07) is 5.91. The van der Waals surface area contributed by atoms with Crippen LogP contribution in [0.15, 0.2) is 46.1 Å². The van der Waals surface area contributed by atoms with Crippen molar-refractivity contribution in [1.29, 1.82) is 0 Å². The molecule has 2 rings (SSSR count). The summed E-state index contributed by atoms with van der Waals surface area (Å²) in [7, 11) is 0. The van der Waals surface area contributed by atoms with Gasteiger partial charge in [0.25, 0.3) is 5.56 Å². The number of carbonyl (C=O) groups is 2. The van der Waals surface area contributed by atoms with Gasteiger partial charge in [-0.1, -0.05) is 0 Å². The third-order valence-electron chi connectivity index (χ3n) is 3.00. The Bertz CT molecular complexity index is 838.